The summed E-state index contributed by atoms with van der Waals surface area (Å²) in [6.07, 6.45) is 0.438. The second kappa shape index (κ2) is 6.77. The van der Waals surface area contributed by atoms with Crippen molar-refractivity contribution >= 4 is 21.8 Å². The van der Waals surface area contributed by atoms with Gasteiger partial charge >= 0.3 is 0 Å². The smallest absolute Gasteiger partial charge is 0.226 e. The molecule has 3 nitrogen and oxygen atoms in total. The summed E-state index contributed by atoms with van der Waals surface area (Å²) in [5.41, 5.74) is 6.57. The number of hydrogen-bond acceptors (Lipinski definition) is 2. The average molecular weight is 299 g/mol. The Labute approximate surface area is 111 Å². The van der Waals surface area contributed by atoms with Crippen LogP contribution in [0.5, 0.6) is 0 Å². The summed E-state index contributed by atoms with van der Waals surface area (Å²) in [6, 6.07) is 7.82. The molecule has 2 N–H and O–H groups in total. The Balaban J connectivity index is 2.54. The molecule has 0 aliphatic rings. The van der Waals surface area contributed by atoms with Crippen molar-refractivity contribution in [1.82, 2.24) is 4.90 Å². The molecular formula is C13H19BrN2O. The van der Waals surface area contributed by atoms with E-state index in [0.29, 0.717) is 25.4 Å². The number of nitrogens with zero attached hydrogens (tertiary/aromatic N) is 1. The van der Waals surface area contributed by atoms with E-state index in [1.807, 2.05) is 38.2 Å². The van der Waals surface area contributed by atoms with E-state index in [-0.39, 0.29) is 5.91 Å². The van der Waals surface area contributed by atoms with E-state index in [4.69, 9.17) is 5.73 Å². The van der Waals surface area contributed by atoms with E-state index in [9.17, 15) is 4.79 Å². The number of hydrogen-bond donors (Lipinski definition) is 1. The first-order valence-corrected chi connectivity index (χ1v) is 6.50. The Morgan fingerprint density at radius 2 is 2.24 bits per heavy atom. The third-order valence-corrected chi connectivity index (χ3v) is 3.15. The molecule has 17 heavy (non-hydrogen) atoms. The summed E-state index contributed by atoms with van der Waals surface area (Å²) in [6.45, 7) is 3.36. The number of carbonyl (C=O) groups excluding carboxylic acids is 1. The molecule has 1 atom stereocenters. The summed E-state index contributed by atoms with van der Waals surface area (Å²) in [7, 11) is 1.83. The third kappa shape index (κ3) is 4.88. The zero-order valence-electron chi connectivity index (χ0n) is 10.3. The largest absolute Gasteiger partial charge is 0.345 e. The van der Waals surface area contributed by atoms with Gasteiger partial charge < -0.3 is 10.6 Å². The molecule has 0 saturated carbocycles. The van der Waals surface area contributed by atoms with Gasteiger partial charge in [-0.1, -0.05) is 35.0 Å². The number of benzene rings is 1. The molecule has 1 aromatic carbocycles. The molecule has 0 saturated heterocycles. The number of carbonyl (C=O) groups is 1. The molecule has 0 aliphatic carbocycles. The topological polar surface area (TPSA) is 46.3 Å². The Morgan fingerprint density at radius 1 is 1.53 bits per heavy atom. The Hall–Kier alpha value is -0.870. The van der Waals surface area contributed by atoms with Gasteiger partial charge in [-0.05, 0) is 30.2 Å². The highest BCUT2D eigenvalue weighted by Gasteiger charge is 2.12. The predicted octanol–water partition coefficient (Wildman–Crippen LogP) is 2.04. The highest BCUT2D eigenvalue weighted by Crippen LogP contribution is 2.12. The van der Waals surface area contributed by atoms with Crippen molar-refractivity contribution < 1.29 is 4.79 Å². The van der Waals surface area contributed by atoms with E-state index >= 15 is 0 Å². The van der Waals surface area contributed by atoms with Crippen LogP contribution >= 0.6 is 15.9 Å². The van der Waals surface area contributed by atoms with Crippen LogP contribution in [0.15, 0.2) is 28.7 Å². The summed E-state index contributed by atoms with van der Waals surface area (Å²) >= 11 is 3.40. The molecule has 1 amide bonds. The minimum Gasteiger partial charge on any atom is -0.345 e. The van der Waals surface area contributed by atoms with Gasteiger partial charge in [0.25, 0.3) is 0 Å². The van der Waals surface area contributed by atoms with Gasteiger partial charge in [-0.15, -0.1) is 0 Å². The van der Waals surface area contributed by atoms with Crippen molar-refractivity contribution in [2.45, 2.75) is 13.3 Å². The first kappa shape index (κ1) is 14.2. The summed E-state index contributed by atoms with van der Waals surface area (Å²) in [4.78, 5) is 13.7. The zero-order chi connectivity index (χ0) is 12.8. The molecule has 0 heterocycles. The van der Waals surface area contributed by atoms with Gasteiger partial charge in [0, 0.05) is 18.1 Å². The number of halogens is 1. The number of likely N-dealkylation sites (N-methyl/N-ethyl adjacent to an activating group) is 1. The van der Waals surface area contributed by atoms with Crippen LogP contribution in [-0.4, -0.2) is 30.9 Å². The van der Waals surface area contributed by atoms with Gasteiger partial charge in [-0.3, -0.25) is 4.79 Å². The first-order valence-electron chi connectivity index (χ1n) is 5.71. The monoisotopic (exact) mass is 298 g/mol. The van der Waals surface area contributed by atoms with E-state index in [2.05, 4.69) is 15.9 Å². The van der Waals surface area contributed by atoms with E-state index in [0.717, 1.165) is 10.0 Å². The molecule has 4 heteroatoms. The molecule has 0 aromatic heterocycles. The normalized spacial score (nSPS) is 12.2. The first-order chi connectivity index (χ1) is 8.02. The fraction of sp³-hybridized carbons (Fsp3) is 0.462. The lowest BCUT2D eigenvalue weighted by molar-refractivity contribution is -0.129. The van der Waals surface area contributed by atoms with Crippen molar-refractivity contribution in [3.05, 3.63) is 34.3 Å². The standard InChI is InChI=1S/C13H19BrN2O/c1-10(8-15)9-16(2)13(17)7-11-4-3-5-12(14)6-11/h3-6,10H,7-9,15H2,1-2H3. The number of rotatable bonds is 5. The fourth-order valence-corrected chi connectivity index (χ4v) is 2.05. The van der Waals surface area contributed by atoms with Crippen LogP contribution in [0.1, 0.15) is 12.5 Å². The van der Waals surface area contributed by atoms with E-state index < -0.39 is 0 Å². The van der Waals surface area contributed by atoms with Crippen LogP contribution in [0, 0.1) is 5.92 Å². The van der Waals surface area contributed by atoms with Gasteiger partial charge in [0.05, 0.1) is 6.42 Å². The Kier molecular flexibility index (Phi) is 5.65. The Bertz CT molecular complexity index is 381. The number of nitrogens with two attached hydrogens (primary N) is 1. The maximum absolute atomic E-state index is 11.9. The molecule has 0 fully saturated rings. The maximum Gasteiger partial charge on any atom is 0.226 e. The molecule has 0 spiro atoms. The van der Waals surface area contributed by atoms with Crippen molar-refractivity contribution in [3.63, 3.8) is 0 Å². The molecule has 1 rings (SSSR count). The quantitative estimate of drug-likeness (QED) is 0.904. The average Bonchev–Trinajstić information content (AvgIpc) is 2.28. The lowest BCUT2D eigenvalue weighted by atomic mass is 10.1. The maximum atomic E-state index is 11.9. The highest BCUT2D eigenvalue weighted by molar-refractivity contribution is 9.10. The van der Waals surface area contributed by atoms with E-state index in [1.54, 1.807) is 4.90 Å². The fourth-order valence-electron chi connectivity index (χ4n) is 1.60. The zero-order valence-corrected chi connectivity index (χ0v) is 11.9. The summed E-state index contributed by atoms with van der Waals surface area (Å²) < 4.78 is 1.00. The lowest BCUT2D eigenvalue weighted by Crippen LogP contribution is -2.34. The van der Waals surface area contributed by atoms with Gasteiger partial charge in [-0.2, -0.15) is 0 Å². The van der Waals surface area contributed by atoms with Crippen molar-refractivity contribution in [3.8, 4) is 0 Å². The molecule has 0 bridgehead atoms. The van der Waals surface area contributed by atoms with Crippen LogP contribution in [-0.2, 0) is 11.2 Å². The number of amides is 1. The molecule has 1 aromatic rings. The van der Waals surface area contributed by atoms with Gasteiger partial charge in [0.1, 0.15) is 0 Å². The lowest BCUT2D eigenvalue weighted by Gasteiger charge is -2.20. The molecule has 1 unspecified atom stereocenters. The molecule has 0 radical (unpaired) electrons. The minimum absolute atomic E-state index is 0.128. The van der Waals surface area contributed by atoms with Crippen LogP contribution in [0.3, 0.4) is 0 Å². The van der Waals surface area contributed by atoms with Crippen LogP contribution in [0.4, 0.5) is 0 Å². The van der Waals surface area contributed by atoms with Crippen molar-refractivity contribution in [2.24, 2.45) is 11.7 Å². The Morgan fingerprint density at radius 3 is 2.82 bits per heavy atom. The van der Waals surface area contributed by atoms with Crippen molar-refractivity contribution in [2.75, 3.05) is 20.1 Å². The van der Waals surface area contributed by atoms with Crippen LogP contribution < -0.4 is 5.73 Å². The molecule has 94 valence electrons. The molecule has 0 aliphatic heterocycles. The third-order valence-electron chi connectivity index (χ3n) is 2.66. The summed E-state index contributed by atoms with van der Waals surface area (Å²) in [5.74, 6) is 0.467. The van der Waals surface area contributed by atoms with E-state index in [1.165, 1.54) is 0 Å². The minimum atomic E-state index is 0.128. The second-order valence-electron chi connectivity index (χ2n) is 4.42. The van der Waals surface area contributed by atoms with Gasteiger partial charge in [0.2, 0.25) is 5.91 Å². The summed E-state index contributed by atoms with van der Waals surface area (Å²) in [5, 5.41) is 0. The predicted molar refractivity (Wildman–Crippen MR) is 73.7 cm³/mol. The SMILES string of the molecule is CC(CN)CN(C)C(=O)Cc1cccc(Br)c1. The second-order valence-corrected chi connectivity index (χ2v) is 5.34. The van der Waals surface area contributed by atoms with Gasteiger partial charge in [0.15, 0.2) is 0 Å². The van der Waals surface area contributed by atoms with Crippen molar-refractivity contribution in [1.29, 1.82) is 0 Å². The molecular weight excluding hydrogens is 280 g/mol. The van der Waals surface area contributed by atoms with Crippen LogP contribution in [0.2, 0.25) is 0 Å². The highest BCUT2D eigenvalue weighted by atomic mass is 79.9. The van der Waals surface area contributed by atoms with Gasteiger partial charge in [-0.25, -0.2) is 0 Å². The van der Waals surface area contributed by atoms with Crippen LogP contribution in [0.25, 0.3) is 0 Å².